The summed E-state index contributed by atoms with van der Waals surface area (Å²) in [4.78, 5) is 34.3. The summed E-state index contributed by atoms with van der Waals surface area (Å²) in [6, 6.07) is 9.74. The van der Waals surface area contributed by atoms with E-state index in [0.717, 1.165) is 0 Å². The maximum absolute atomic E-state index is 12.1. The highest BCUT2D eigenvalue weighted by molar-refractivity contribution is 5.95. The Labute approximate surface area is 167 Å². The summed E-state index contributed by atoms with van der Waals surface area (Å²) in [5.74, 6) is -0.698. The molecule has 0 saturated carbocycles. The third kappa shape index (κ3) is 5.80. The predicted molar refractivity (Wildman–Crippen MR) is 106 cm³/mol. The third-order valence-corrected chi connectivity index (χ3v) is 3.88. The average Bonchev–Trinajstić information content (AvgIpc) is 2.71. The minimum absolute atomic E-state index is 0.00707. The first kappa shape index (κ1) is 21.4. The number of amides is 1. The van der Waals surface area contributed by atoms with Gasteiger partial charge in [-0.25, -0.2) is 4.79 Å². The van der Waals surface area contributed by atoms with Crippen molar-refractivity contribution in [1.29, 1.82) is 0 Å². The Balaban J connectivity index is 1.97. The first-order valence-corrected chi connectivity index (χ1v) is 8.46. The fourth-order valence-electron chi connectivity index (χ4n) is 2.45. The molecule has 2 aromatic carbocycles. The number of esters is 1. The number of ether oxygens (including phenoxy) is 3. The van der Waals surface area contributed by atoms with Crippen LogP contribution in [0.1, 0.15) is 11.1 Å². The monoisotopic (exact) mass is 400 g/mol. The second-order valence-corrected chi connectivity index (χ2v) is 5.83. The van der Waals surface area contributed by atoms with Crippen molar-refractivity contribution in [2.75, 3.05) is 26.1 Å². The Morgan fingerprint density at radius 2 is 1.83 bits per heavy atom. The Kier molecular flexibility index (Phi) is 7.30. The van der Waals surface area contributed by atoms with Crippen LogP contribution in [0.25, 0.3) is 6.08 Å². The van der Waals surface area contributed by atoms with Gasteiger partial charge < -0.3 is 19.5 Å². The maximum atomic E-state index is 12.1. The second-order valence-electron chi connectivity index (χ2n) is 5.83. The van der Waals surface area contributed by atoms with E-state index in [9.17, 15) is 19.7 Å². The lowest BCUT2D eigenvalue weighted by atomic mass is 10.1. The second kappa shape index (κ2) is 9.88. The third-order valence-electron chi connectivity index (χ3n) is 3.88. The van der Waals surface area contributed by atoms with Gasteiger partial charge in [0.05, 0.1) is 19.1 Å². The van der Waals surface area contributed by atoms with Crippen molar-refractivity contribution in [3.63, 3.8) is 0 Å². The molecule has 0 atom stereocenters. The molecule has 0 aliphatic rings. The lowest BCUT2D eigenvalue weighted by Crippen LogP contribution is -2.20. The molecule has 9 nitrogen and oxygen atoms in total. The SMILES string of the molecule is COc1ccccc1/C=C/C(=O)OCC(=O)Nc1cc(OC)c([N+](=O)[O-])cc1C. The van der Waals surface area contributed by atoms with Crippen LogP contribution >= 0.6 is 0 Å². The zero-order valence-corrected chi connectivity index (χ0v) is 16.1. The summed E-state index contributed by atoms with van der Waals surface area (Å²) in [5, 5.41) is 13.6. The Hall–Kier alpha value is -3.88. The summed E-state index contributed by atoms with van der Waals surface area (Å²) in [7, 11) is 2.81. The van der Waals surface area contributed by atoms with E-state index in [1.807, 2.05) is 0 Å². The molecule has 0 bridgehead atoms. The van der Waals surface area contributed by atoms with Crippen LogP contribution in [0.5, 0.6) is 11.5 Å². The van der Waals surface area contributed by atoms with Gasteiger partial charge in [-0.3, -0.25) is 14.9 Å². The number of nitrogens with one attached hydrogen (secondary N) is 1. The predicted octanol–water partition coefficient (Wildman–Crippen LogP) is 3.12. The van der Waals surface area contributed by atoms with Crippen LogP contribution in [0, 0.1) is 17.0 Å². The molecule has 0 spiro atoms. The molecule has 0 radical (unpaired) electrons. The first-order chi connectivity index (χ1) is 13.8. The van der Waals surface area contributed by atoms with E-state index < -0.39 is 23.4 Å². The fourth-order valence-corrected chi connectivity index (χ4v) is 2.45. The topological polar surface area (TPSA) is 117 Å². The molecule has 0 saturated heterocycles. The fraction of sp³-hybridized carbons (Fsp3) is 0.200. The highest BCUT2D eigenvalue weighted by atomic mass is 16.6. The van der Waals surface area contributed by atoms with Crippen LogP contribution in [0.4, 0.5) is 11.4 Å². The molecule has 2 rings (SSSR count). The average molecular weight is 400 g/mol. The number of aryl methyl sites for hydroxylation is 1. The number of hydrogen-bond acceptors (Lipinski definition) is 7. The molecule has 0 heterocycles. The highest BCUT2D eigenvalue weighted by Crippen LogP contribution is 2.32. The van der Waals surface area contributed by atoms with Gasteiger partial charge in [0.2, 0.25) is 0 Å². The Morgan fingerprint density at radius 3 is 2.48 bits per heavy atom. The molecule has 0 aliphatic carbocycles. The highest BCUT2D eigenvalue weighted by Gasteiger charge is 2.18. The number of carbonyl (C=O) groups is 2. The number of benzene rings is 2. The molecular formula is C20H20N2O7. The molecule has 152 valence electrons. The van der Waals surface area contributed by atoms with E-state index in [1.165, 1.54) is 38.5 Å². The molecule has 1 N–H and O–H groups in total. The van der Waals surface area contributed by atoms with Gasteiger partial charge in [0, 0.05) is 29.5 Å². The summed E-state index contributed by atoms with van der Waals surface area (Å²) in [6.45, 7) is 1.08. The summed E-state index contributed by atoms with van der Waals surface area (Å²) in [6.07, 6.45) is 2.70. The van der Waals surface area contributed by atoms with Crippen LogP contribution in [-0.4, -0.2) is 37.6 Å². The lowest BCUT2D eigenvalue weighted by Gasteiger charge is -2.10. The van der Waals surface area contributed by atoms with Gasteiger partial charge in [0.1, 0.15) is 5.75 Å². The van der Waals surface area contributed by atoms with Crippen molar-refractivity contribution in [2.24, 2.45) is 0 Å². The van der Waals surface area contributed by atoms with Crippen molar-refractivity contribution in [2.45, 2.75) is 6.92 Å². The van der Waals surface area contributed by atoms with E-state index in [4.69, 9.17) is 14.2 Å². The summed E-state index contributed by atoms with van der Waals surface area (Å²) in [5.41, 5.74) is 1.26. The van der Waals surface area contributed by atoms with Gasteiger partial charge in [-0.2, -0.15) is 0 Å². The molecule has 2 aromatic rings. The van der Waals surface area contributed by atoms with Gasteiger partial charge in [0.25, 0.3) is 5.91 Å². The van der Waals surface area contributed by atoms with Crippen molar-refractivity contribution in [3.05, 3.63) is 63.7 Å². The molecule has 29 heavy (non-hydrogen) atoms. The van der Waals surface area contributed by atoms with Crippen molar-refractivity contribution < 1.29 is 28.7 Å². The van der Waals surface area contributed by atoms with E-state index >= 15 is 0 Å². The first-order valence-electron chi connectivity index (χ1n) is 8.46. The van der Waals surface area contributed by atoms with Gasteiger partial charge in [0.15, 0.2) is 12.4 Å². The number of anilines is 1. The number of para-hydroxylation sites is 1. The Morgan fingerprint density at radius 1 is 1.14 bits per heavy atom. The van der Waals surface area contributed by atoms with Gasteiger partial charge >= 0.3 is 11.7 Å². The zero-order chi connectivity index (χ0) is 21.4. The minimum Gasteiger partial charge on any atom is -0.496 e. The minimum atomic E-state index is -0.705. The normalized spacial score (nSPS) is 10.4. The van der Waals surface area contributed by atoms with Crippen LogP contribution in [0.3, 0.4) is 0 Å². The smallest absolute Gasteiger partial charge is 0.331 e. The van der Waals surface area contributed by atoms with Crippen molar-refractivity contribution >= 4 is 29.3 Å². The number of nitro groups is 1. The summed E-state index contributed by atoms with van der Waals surface area (Å²) < 4.78 is 15.1. The number of hydrogen-bond donors (Lipinski definition) is 1. The number of nitrogens with zero attached hydrogens (tertiary/aromatic N) is 1. The largest absolute Gasteiger partial charge is 0.496 e. The summed E-state index contributed by atoms with van der Waals surface area (Å²) >= 11 is 0. The van der Waals surface area contributed by atoms with Crippen molar-refractivity contribution in [3.8, 4) is 11.5 Å². The van der Waals surface area contributed by atoms with Gasteiger partial charge in [-0.1, -0.05) is 18.2 Å². The van der Waals surface area contributed by atoms with Gasteiger partial charge in [-0.15, -0.1) is 0 Å². The zero-order valence-electron chi connectivity index (χ0n) is 16.1. The quantitative estimate of drug-likeness (QED) is 0.313. The molecule has 1 amide bonds. The molecule has 0 aromatic heterocycles. The molecule has 0 unspecified atom stereocenters. The number of rotatable bonds is 8. The lowest BCUT2D eigenvalue weighted by molar-refractivity contribution is -0.385. The van der Waals surface area contributed by atoms with Crippen LogP contribution in [0.15, 0.2) is 42.5 Å². The Bertz CT molecular complexity index is 954. The number of nitro benzene ring substituents is 1. The number of carbonyl (C=O) groups excluding carboxylic acids is 2. The van der Waals surface area contributed by atoms with E-state index in [-0.39, 0.29) is 11.4 Å². The van der Waals surface area contributed by atoms with Crippen LogP contribution in [0.2, 0.25) is 0 Å². The maximum Gasteiger partial charge on any atom is 0.331 e. The van der Waals surface area contributed by atoms with Crippen LogP contribution in [-0.2, 0) is 14.3 Å². The molecular weight excluding hydrogens is 380 g/mol. The standard InChI is InChI=1S/C20H20N2O7/c1-13-10-16(22(25)26)18(28-3)11-15(13)21-19(23)12-29-20(24)9-8-14-6-4-5-7-17(14)27-2/h4-11H,12H2,1-3H3,(H,21,23)/b9-8+. The van der Waals surface area contributed by atoms with E-state index in [0.29, 0.717) is 22.6 Å². The molecule has 0 aliphatic heterocycles. The molecule has 0 fully saturated rings. The van der Waals surface area contributed by atoms with E-state index in [1.54, 1.807) is 31.2 Å². The van der Waals surface area contributed by atoms with Crippen LogP contribution < -0.4 is 14.8 Å². The van der Waals surface area contributed by atoms with E-state index in [2.05, 4.69) is 5.32 Å². The van der Waals surface area contributed by atoms with Gasteiger partial charge in [-0.05, 0) is 24.6 Å². The van der Waals surface area contributed by atoms with Crippen molar-refractivity contribution in [1.82, 2.24) is 0 Å². The number of methoxy groups -OCH3 is 2. The molecule has 9 heteroatoms.